The normalized spacial score (nSPS) is 19.4. The minimum absolute atomic E-state index is 0.590. The third-order valence-corrected chi connectivity index (χ3v) is 4.51. The SMILES string of the molecule is CCCCN1CCC(N(CC)c2nc3ccccc3[nH]2)C1. The number of benzene rings is 1. The highest BCUT2D eigenvalue weighted by Gasteiger charge is 2.28. The number of aromatic nitrogens is 2. The van der Waals surface area contributed by atoms with Gasteiger partial charge in [0.15, 0.2) is 0 Å². The lowest BCUT2D eigenvalue weighted by Gasteiger charge is -2.27. The maximum atomic E-state index is 4.77. The number of hydrogen-bond acceptors (Lipinski definition) is 3. The quantitative estimate of drug-likeness (QED) is 0.885. The number of hydrogen-bond donors (Lipinski definition) is 1. The Balaban J connectivity index is 1.73. The summed E-state index contributed by atoms with van der Waals surface area (Å²) < 4.78 is 0. The Hall–Kier alpha value is -1.55. The van der Waals surface area contributed by atoms with Crippen LogP contribution in [0.4, 0.5) is 5.95 Å². The van der Waals surface area contributed by atoms with Crippen LogP contribution in [0.25, 0.3) is 11.0 Å². The molecule has 114 valence electrons. The van der Waals surface area contributed by atoms with Crippen LogP contribution in [0.5, 0.6) is 0 Å². The second kappa shape index (κ2) is 6.48. The number of anilines is 1. The first-order chi connectivity index (χ1) is 10.3. The summed E-state index contributed by atoms with van der Waals surface area (Å²) in [5.74, 6) is 1.03. The fraction of sp³-hybridized carbons (Fsp3) is 0.588. The molecule has 1 N–H and O–H groups in total. The molecule has 2 heterocycles. The van der Waals surface area contributed by atoms with Crippen LogP contribution < -0.4 is 4.90 Å². The molecule has 0 spiro atoms. The maximum Gasteiger partial charge on any atom is 0.204 e. The van der Waals surface area contributed by atoms with Crippen LogP contribution in [-0.2, 0) is 0 Å². The molecular formula is C17H26N4. The van der Waals surface area contributed by atoms with Crippen molar-refractivity contribution in [1.29, 1.82) is 0 Å². The molecule has 1 aromatic carbocycles. The van der Waals surface area contributed by atoms with Gasteiger partial charge in [-0.05, 0) is 38.4 Å². The number of para-hydroxylation sites is 2. The predicted molar refractivity (Wildman–Crippen MR) is 88.9 cm³/mol. The zero-order valence-corrected chi connectivity index (χ0v) is 13.2. The van der Waals surface area contributed by atoms with E-state index in [9.17, 15) is 0 Å². The Morgan fingerprint density at radius 2 is 2.19 bits per heavy atom. The summed E-state index contributed by atoms with van der Waals surface area (Å²) in [7, 11) is 0. The van der Waals surface area contributed by atoms with E-state index in [-0.39, 0.29) is 0 Å². The van der Waals surface area contributed by atoms with Crippen molar-refractivity contribution >= 4 is 17.0 Å². The Morgan fingerprint density at radius 1 is 1.33 bits per heavy atom. The number of fused-ring (bicyclic) bond motifs is 1. The lowest BCUT2D eigenvalue weighted by atomic mass is 10.2. The van der Waals surface area contributed by atoms with Gasteiger partial charge >= 0.3 is 0 Å². The number of imidazole rings is 1. The summed E-state index contributed by atoms with van der Waals surface area (Å²) in [6, 6.07) is 8.87. The summed E-state index contributed by atoms with van der Waals surface area (Å²) in [6.07, 6.45) is 3.83. The van der Waals surface area contributed by atoms with Crippen LogP contribution in [0.1, 0.15) is 33.1 Å². The Morgan fingerprint density at radius 3 is 2.95 bits per heavy atom. The molecule has 1 atom stereocenters. The van der Waals surface area contributed by atoms with E-state index in [1.54, 1.807) is 0 Å². The van der Waals surface area contributed by atoms with Crippen molar-refractivity contribution in [1.82, 2.24) is 14.9 Å². The van der Waals surface area contributed by atoms with E-state index in [0.717, 1.165) is 23.5 Å². The average Bonchev–Trinajstić information content (AvgIpc) is 3.12. The molecule has 0 amide bonds. The van der Waals surface area contributed by atoms with Gasteiger partial charge in [-0.2, -0.15) is 0 Å². The van der Waals surface area contributed by atoms with E-state index in [1.165, 1.54) is 38.9 Å². The number of nitrogens with zero attached hydrogens (tertiary/aromatic N) is 3. The van der Waals surface area contributed by atoms with E-state index in [1.807, 2.05) is 6.07 Å². The molecule has 1 aromatic heterocycles. The highest BCUT2D eigenvalue weighted by molar-refractivity contribution is 5.77. The molecule has 3 rings (SSSR count). The largest absolute Gasteiger partial charge is 0.338 e. The molecular weight excluding hydrogens is 260 g/mol. The Kier molecular flexibility index (Phi) is 4.44. The maximum absolute atomic E-state index is 4.77. The zero-order chi connectivity index (χ0) is 14.7. The lowest BCUT2D eigenvalue weighted by molar-refractivity contribution is 0.326. The highest BCUT2D eigenvalue weighted by atomic mass is 15.3. The van der Waals surface area contributed by atoms with E-state index < -0.39 is 0 Å². The minimum Gasteiger partial charge on any atom is -0.338 e. The summed E-state index contributed by atoms with van der Waals surface area (Å²) in [4.78, 5) is 13.3. The van der Waals surface area contributed by atoms with Crippen molar-refractivity contribution in [2.24, 2.45) is 0 Å². The van der Waals surface area contributed by atoms with Crippen molar-refractivity contribution < 1.29 is 0 Å². The third-order valence-electron chi connectivity index (χ3n) is 4.51. The minimum atomic E-state index is 0.590. The topological polar surface area (TPSA) is 35.2 Å². The first kappa shape index (κ1) is 14.4. The van der Waals surface area contributed by atoms with Gasteiger partial charge < -0.3 is 14.8 Å². The second-order valence-electron chi connectivity index (χ2n) is 5.96. The fourth-order valence-electron chi connectivity index (χ4n) is 3.31. The number of likely N-dealkylation sites (tertiary alicyclic amines) is 1. The molecule has 1 unspecified atom stereocenters. The van der Waals surface area contributed by atoms with E-state index in [2.05, 4.69) is 46.8 Å². The number of likely N-dealkylation sites (N-methyl/N-ethyl adjacent to an activating group) is 1. The average molecular weight is 286 g/mol. The zero-order valence-electron chi connectivity index (χ0n) is 13.2. The smallest absolute Gasteiger partial charge is 0.204 e. The molecule has 4 heteroatoms. The molecule has 0 radical (unpaired) electrons. The predicted octanol–water partition coefficient (Wildman–Crippen LogP) is 3.26. The first-order valence-electron chi connectivity index (χ1n) is 8.25. The molecule has 0 saturated carbocycles. The van der Waals surface area contributed by atoms with Gasteiger partial charge in [0, 0.05) is 25.7 Å². The summed E-state index contributed by atoms with van der Waals surface area (Å²) >= 11 is 0. The van der Waals surface area contributed by atoms with Crippen LogP contribution in [0, 0.1) is 0 Å². The van der Waals surface area contributed by atoms with Gasteiger partial charge in [-0.3, -0.25) is 0 Å². The van der Waals surface area contributed by atoms with Crippen LogP contribution in [0.2, 0.25) is 0 Å². The number of nitrogens with one attached hydrogen (secondary N) is 1. The molecule has 1 aliphatic rings. The van der Waals surface area contributed by atoms with Crippen LogP contribution in [0.15, 0.2) is 24.3 Å². The van der Waals surface area contributed by atoms with Gasteiger partial charge in [0.2, 0.25) is 5.95 Å². The number of H-pyrrole nitrogens is 1. The van der Waals surface area contributed by atoms with Gasteiger partial charge in [0.1, 0.15) is 0 Å². The van der Waals surface area contributed by atoms with Crippen molar-refractivity contribution in [3.8, 4) is 0 Å². The summed E-state index contributed by atoms with van der Waals surface area (Å²) in [5.41, 5.74) is 2.19. The van der Waals surface area contributed by atoms with Gasteiger partial charge in [0.25, 0.3) is 0 Å². The van der Waals surface area contributed by atoms with E-state index in [0.29, 0.717) is 6.04 Å². The van der Waals surface area contributed by atoms with Gasteiger partial charge in [0.05, 0.1) is 11.0 Å². The van der Waals surface area contributed by atoms with Crippen LogP contribution in [0.3, 0.4) is 0 Å². The Labute approximate surface area is 127 Å². The van der Waals surface area contributed by atoms with Crippen LogP contribution in [-0.4, -0.2) is 47.1 Å². The second-order valence-corrected chi connectivity index (χ2v) is 5.96. The summed E-state index contributed by atoms with van der Waals surface area (Å²) in [6.45, 7) is 9.13. The van der Waals surface area contributed by atoms with Crippen molar-refractivity contribution in [3.63, 3.8) is 0 Å². The Bertz CT molecular complexity index is 544. The molecule has 1 aliphatic heterocycles. The number of rotatable bonds is 6. The lowest BCUT2D eigenvalue weighted by Crippen LogP contribution is -2.38. The van der Waals surface area contributed by atoms with E-state index in [4.69, 9.17) is 4.98 Å². The number of unbranched alkanes of at least 4 members (excludes halogenated alkanes) is 1. The fourth-order valence-corrected chi connectivity index (χ4v) is 3.31. The monoisotopic (exact) mass is 286 g/mol. The standard InChI is InChI=1S/C17H26N4/c1-3-5-11-20-12-10-14(13-20)21(4-2)17-18-15-8-6-7-9-16(15)19-17/h6-9,14H,3-5,10-13H2,1-2H3,(H,18,19). The van der Waals surface area contributed by atoms with Gasteiger partial charge in [-0.25, -0.2) is 4.98 Å². The molecule has 1 saturated heterocycles. The van der Waals surface area contributed by atoms with Gasteiger partial charge in [-0.1, -0.05) is 25.5 Å². The highest BCUT2D eigenvalue weighted by Crippen LogP contribution is 2.23. The van der Waals surface area contributed by atoms with Crippen molar-refractivity contribution in [2.75, 3.05) is 31.1 Å². The molecule has 21 heavy (non-hydrogen) atoms. The van der Waals surface area contributed by atoms with Gasteiger partial charge in [-0.15, -0.1) is 0 Å². The molecule has 2 aromatic rings. The first-order valence-corrected chi connectivity index (χ1v) is 8.25. The van der Waals surface area contributed by atoms with Crippen LogP contribution >= 0.6 is 0 Å². The molecule has 1 fully saturated rings. The number of aromatic amines is 1. The van der Waals surface area contributed by atoms with Crippen molar-refractivity contribution in [3.05, 3.63) is 24.3 Å². The molecule has 0 aliphatic carbocycles. The van der Waals surface area contributed by atoms with Crippen molar-refractivity contribution in [2.45, 2.75) is 39.2 Å². The van der Waals surface area contributed by atoms with E-state index >= 15 is 0 Å². The molecule has 4 nitrogen and oxygen atoms in total. The molecule has 0 bridgehead atoms. The third kappa shape index (κ3) is 3.05. The summed E-state index contributed by atoms with van der Waals surface area (Å²) in [5, 5.41) is 0.